The van der Waals surface area contributed by atoms with E-state index in [-0.39, 0.29) is 9.79 Å². The number of rotatable bonds is 2. The molecular formula is C14H10FNO2S. The van der Waals surface area contributed by atoms with E-state index in [2.05, 4.69) is 4.98 Å². The highest BCUT2D eigenvalue weighted by molar-refractivity contribution is 7.91. The van der Waals surface area contributed by atoms with Crippen molar-refractivity contribution in [1.82, 2.24) is 4.98 Å². The molecule has 0 amide bonds. The van der Waals surface area contributed by atoms with Gasteiger partial charge in [-0.25, -0.2) is 12.8 Å². The van der Waals surface area contributed by atoms with Gasteiger partial charge in [-0.1, -0.05) is 24.3 Å². The molecule has 0 fully saturated rings. The summed E-state index contributed by atoms with van der Waals surface area (Å²) in [6.45, 7) is 0. The molecule has 0 aliphatic rings. The molecule has 1 N–H and O–H groups in total. The summed E-state index contributed by atoms with van der Waals surface area (Å²) in [6, 6.07) is 12.1. The van der Waals surface area contributed by atoms with E-state index in [0.717, 1.165) is 11.6 Å². The molecular weight excluding hydrogens is 265 g/mol. The minimum absolute atomic E-state index is 0.0442. The average molecular weight is 275 g/mol. The van der Waals surface area contributed by atoms with Crippen molar-refractivity contribution in [2.75, 3.05) is 0 Å². The summed E-state index contributed by atoms with van der Waals surface area (Å²) in [4.78, 5) is 3.02. The first-order valence-electron chi connectivity index (χ1n) is 5.66. The number of benzene rings is 2. The largest absolute Gasteiger partial charge is 0.360 e. The Bertz CT molecular complexity index is 853. The van der Waals surface area contributed by atoms with Crippen LogP contribution in [-0.2, 0) is 9.84 Å². The molecule has 5 heteroatoms. The molecule has 1 heterocycles. The number of aromatic nitrogens is 1. The molecule has 3 aromatic rings. The lowest BCUT2D eigenvalue weighted by atomic mass is 10.2. The van der Waals surface area contributed by atoms with Crippen LogP contribution in [0.4, 0.5) is 4.39 Å². The number of hydrogen-bond acceptors (Lipinski definition) is 2. The lowest BCUT2D eigenvalue weighted by molar-refractivity contribution is 0.591. The first-order valence-corrected chi connectivity index (χ1v) is 7.14. The van der Waals surface area contributed by atoms with Crippen LogP contribution in [0.3, 0.4) is 0 Å². The quantitative estimate of drug-likeness (QED) is 0.781. The van der Waals surface area contributed by atoms with E-state index in [1.807, 2.05) is 6.07 Å². The van der Waals surface area contributed by atoms with Crippen LogP contribution in [0, 0.1) is 5.82 Å². The first kappa shape index (κ1) is 11.9. The van der Waals surface area contributed by atoms with Gasteiger partial charge in [0.1, 0.15) is 5.82 Å². The van der Waals surface area contributed by atoms with E-state index in [4.69, 9.17) is 0 Å². The highest BCUT2D eigenvalue weighted by Gasteiger charge is 2.21. The number of aromatic amines is 1. The number of fused-ring (bicyclic) bond motifs is 1. The highest BCUT2D eigenvalue weighted by Crippen LogP contribution is 2.28. The molecule has 0 aliphatic heterocycles. The SMILES string of the molecule is O=S(=O)(c1cccc(F)c1)c1c[nH]c2ccccc12. The fraction of sp³-hybridized carbons (Fsp3) is 0. The number of para-hydroxylation sites is 1. The highest BCUT2D eigenvalue weighted by atomic mass is 32.2. The summed E-state index contributed by atoms with van der Waals surface area (Å²) in [5, 5.41) is 0.603. The Morgan fingerprint density at radius 2 is 1.79 bits per heavy atom. The normalized spacial score (nSPS) is 11.8. The maximum atomic E-state index is 13.2. The standard InChI is InChI=1S/C14H10FNO2S/c15-10-4-3-5-11(8-10)19(17,18)14-9-16-13-7-2-1-6-12(13)14/h1-9,16H. The lowest BCUT2D eigenvalue weighted by Gasteiger charge is -2.03. The molecule has 96 valence electrons. The molecule has 2 aromatic carbocycles. The molecule has 0 unspecified atom stereocenters. The van der Waals surface area contributed by atoms with Crippen molar-refractivity contribution >= 4 is 20.7 Å². The van der Waals surface area contributed by atoms with Crippen LogP contribution in [0.5, 0.6) is 0 Å². The van der Waals surface area contributed by atoms with Crippen LogP contribution in [0.1, 0.15) is 0 Å². The van der Waals surface area contributed by atoms with Crippen LogP contribution in [0.2, 0.25) is 0 Å². The second-order valence-electron chi connectivity index (χ2n) is 4.16. The maximum Gasteiger partial charge on any atom is 0.208 e. The third-order valence-electron chi connectivity index (χ3n) is 2.95. The summed E-state index contributed by atoms with van der Waals surface area (Å²) < 4.78 is 38.1. The second-order valence-corrected chi connectivity index (χ2v) is 6.08. The van der Waals surface area contributed by atoms with Crippen LogP contribution in [0.15, 0.2) is 64.5 Å². The van der Waals surface area contributed by atoms with E-state index in [1.54, 1.807) is 18.2 Å². The van der Waals surface area contributed by atoms with E-state index in [0.29, 0.717) is 5.39 Å². The van der Waals surface area contributed by atoms with Crippen molar-refractivity contribution in [2.45, 2.75) is 9.79 Å². The third kappa shape index (κ3) is 1.92. The van der Waals surface area contributed by atoms with E-state index >= 15 is 0 Å². The van der Waals surface area contributed by atoms with Gasteiger partial charge in [0.15, 0.2) is 0 Å². The van der Waals surface area contributed by atoms with Gasteiger partial charge in [0.25, 0.3) is 0 Å². The Labute approximate surface area is 109 Å². The predicted octanol–water partition coefficient (Wildman–Crippen LogP) is 3.14. The summed E-state index contributed by atoms with van der Waals surface area (Å²) in [7, 11) is -3.72. The van der Waals surface area contributed by atoms with Gasteiger partial charge < -0.3 is 4.98 Å². The number of nitrogens with one attached hydrogen (secondary N) is 1. The minimum Gasteiger partial charge on any atom is -0.360 e. The smallest absolute Gasteiger partial charge is 0.208 e. The zero-order valence-electron chi connectivity index (χ0n) is 9.80. The van der Waals surface area contributed by atoms with Gasteiger partial charge in [-0.3, -0.25) is 0 Å². The van der Waals surface area contributed by atoms with Gasteiger partial charge in [-0.2, -0.15) is 0 Å². The zero-order valence-corrected chi connectivity index (χ0v) is 10.6. The summed E-state index contributed by atoms with van der Waals surface area (Å²) in [5.74, 6) is -0.569. The molecule has 0 bridgehead atoms. The van der Waals surface area contributed by atoms with Gasteiger partial charge in [0.2, 0.25) is 9.84 Å². The minimum atomic E-state index is -3.72. The summed E-state index contributed by atoms with van der Waals surface area (Å²) >= 11 is 0. The number of halogens is 1. The summed E-state index contributed by atoms with van der Waals surface area (Å²) in [6.07, 6.45) is 1.44. The van der Waals surface area contributed by atoms with Crippen molar-refractivity contribution in [1.29, 1.82) is 0 Å². The first-order chi connectivity index (χ1) is 9.09. The molecule has 1 aromatic heterocycles. The van der Waals surface area contributed by atoms with Gasteiger partial charge in [0.05, 0.1) is 9.79 Å². The Morgan fingerprint density at radius 3 is 2.58 bits per heavy atom. The number of sulfone groups is 1. The van der Waals surface area contributed by atoms with E-state index in [1.165, 1.54) is 24.4 Å². The van der Waals surface area contributed by atoms with Gasteiger partial charge in [-0.15, -0.1) is 0 Å². The van der Waals surface area contributed by atoms with Gasteiger partial charge in [0, 0.05) is 17.1 Å². The Hall–Kier alpha value is -2.14. The molecule has 0 atom stereocenters. The van der Waals surface area contributed by atoms with Gasteiger partial charge >= 0.3 is 0 Å². The van der Waals surface area contributed by atoms with Crippen LogP contribution in [0.25, 0.3) is 10.9 Å². The predicted molar refractivity (Wildman–Crippen MR) is 70.2 cm³/mol. The molecule has 3 rings (SSSR count). The van der Waals surface area contributed by atoms with Crippen molar-refractivity contribution in [3.8, 4) is 0 Å². The van der Waals surface area contributed by atoms with Crippen LogP contribution < -0.4 is 0 Å². The monoisotopic (exact) mass is 275 g/mol. The van der Waals surface area contributed by atoms with Crippen molar-refractivity contribution in [3.05, 3.63) is 60.5 Å². The van der Waals surface area contributed by atoms with Crippen LogP contribution >= 0.6 is 0 Å². The molecule has 0 spiro atoms. The van der Waals surface area contributed by atoms with Crippen molar-refractivity contribution in [3.63, 3.8) is 0 Å². The Morgan fingerprint density at radius 1 is 1.00 bits per heavy atom. The average Bonchev–Trinajstić information content (AvgIpc) is 2.83. The van der Waals surface area contributed by atoms with Gasteiger partial charge in [-0.05, 0) is 24.3 Å². The lowest BCUT2D eigenvalue weighted by Crippen LogP contribution is -2.01. The molecule has 0 aliphatic carbocycles. The van der Waals surface area contributed by atoms with Crippen LogP contribution in [-0.4, -0.2) is 13.4 Å². The third-order valence-corrected chi connectivity index (χ3v) is 4.74. The molecule has 0 saturated carbocycles. The molecule has 0 saturated heterocycles. The van der Waals surface area contributed by atoms with E-state index < -0.39 is 15.7 Å². The van der Waals surface area contributed by atoms with E-state index in [9.17, 15) is 12.8 Å². The van der Waals surface area contributed by atoms with Crippen molar-refractivity contribution < 1.29 is 12.8 Å². The Balaban J connectivity index is 2.26. The zero-order chi connectivity index (χ0) is 13.5. The molecule has 19 heavy (non-hydrogen) atoms. The number of hydrogen-bond donors (Lipinski definition) is 1. The summed E-state index contributed by atoms with van der Waals surface area (Å²) in [5.41, 5.74) is 0.734. The maximum absolute atomic E-state index is 13.2. The molecule has 0 radical (unpaired) electrons. The Kier molecular flexibility index (Phi) is 2.64. The number of H-pyrrole nitrogens is 1. The molecule has 3 nitrogen and oxygen atoms in total. The van der Waals surface area contributed by atoms with Crippen molar-refractivity contribution in [2.24, 2.45) is 0 Å². The fourth-order valence-electron chi connectivity index (χ4n) is 2.03. The topological polar surface area (TPSA) is 49.9 Å². The fourth-order valence-corrected chi connectivity index (χ4v) is 3.49. The second kappa shape index (κ2) is 4.20.